The van der Waals surface area contributed by atoms with Crippen LogP contribution in [0, 0.1) is 0 Å². The number of hydrogen-bond acceptors (Lipinski definition) is 6. The summed E-state index contributed by atoms with van der Waals surface area (Å²) in [5.74, 6) is -1.59. The van der Waals surface area contributed by atoms with Gasteiger partial charge in [0.1, 0.15) is 5.75 Å². The standard InChI is InChI=1S/C25H24N2O6/c1-4-13-26(14-5-2)22(28)16-33-25(31)17-7-12-20-21(15-17)24(30)27(23(20)29)18-8-10-19(11-9-18)32-6-3/h4-5,7-12,15H,1-2,6,13-14,16H2,3H3. The fourth-order valence-corrected chi connectivity index (χ4v) is 3.35. The number of amides is 3. The van der Waals surface area contributed by atoms with Crippen molar-refractivity contribution in [1.29, 1.82) is 0 Å². The van der Waals surface area contributed by atoms with Crippen molar-refractivity contribution in [3.05, 3.63) is 84.5 Å². The van der Waals surface area contributed by atoms with Gasteiger partial charge in [-0.05, 0) is 49.4 Å². The maximum atomic E-state index is 12.9. The molecule has 8 heteroatoms. The molecule has 3 rings (SSSR count). The number of rotatable bonds is 10. The average Bonchev–Trinajstić information content (AvgIpc) is 3.07. The van der Waals surface area contributed by atoms with E-state index in [2.05, 4.69) is 13.2 Å². The number of carbonyl (C=O) groups is 4. The van der Waals surface area contributed by atoms with Gasteiger partial charge >= 0.3 is 5.97 Å². The van der Waals surface area contributed by atoms with E-state index in [9.17, 15) is 19.2 Å². The molecule has 0 saturated heterocycles. The zero-order chi connectivity index (χ0) is 24.0. The zero-order valence-electron chi connectivity index (χ0n) is 18.3. The maximum absolute atomic E-state index is 12.9. The van der Waals surface area contributed by atoms with Crippen LogP contribution in [-0.4, -0.2) is 54.9 Å². The Morgan fingerprint density at radius 1 is 0.970 bits per heavy atom. The highest BCUT2D eigenvalue weighted by Crippen LogP contribution is 2.30. The predicted molar refractivity (Wildman–Crippen MR) is 122 cm³/mol. The molecule has 0 N–H and O–H groups in total. The van der Waals surface area contributed by atoms with Crippen molar-refractivity contribution in [2.75, 3.05) is 31.2 Å². The second kappa shape index (κ2) is 10.4. The van der Waals surface area contributed by atoms with Gasteiger partial charge in [0.2, 0.25) is 0 Å². The van der Waals surface area contributed by atoms with Crippen molar-refractivity contribution >= 4 is 29.4 Å². The van der Waals surface area contributed by atoms with E-state index < -0.39 is 30.3 Å². The molecule has 0 spiro atoms. The minimum absolute atomic E-state index is 0.0650. The van der Waals surface area contributed by atoms with E-state index in [-0.39, 0.29) is 16.7 Å². The summed E-state index contributed by atoms with van der Waals surface area (Å²) in [6, 6.07) is 10.7. The first-order valence-corrected chi connectivity index (χ1v) is 10.3. The first-order chi connectivity index (χ1) is 15.9. The normalized spacial score (nSPS) is 12.2. The summed E-state index contributed by atoms with van der Waals surface area (Å²) in [5.41, 5.74) is 0.735. The molecule has 0 aliphatic carbocycles. The number of fused-ring (bicyclic) bond motifs is 1. The van der Waals surface area contributed by atoms with Crippen LogP contribution in [0.4, 0.5) is 5.69 Å². The van der Waals surface area contributed by atoms with Gasteiger partial charge in [0.05, 0.1) is 29.0 Å². The number of carbonyl (C=O) groups excluding carboxylic acids is 4. The van der Waals surface area contributed by atoms with Gasteiger partial charge in [-0.3, -0.25) is 14.4 Å². The number of ether oxygens (including phenoxy) is 2. The molecule has 0 aromatic heterocycles. The summed E-state index contributed by atoms with van der Waals surface area (Å²) in [5, 5.41) is 0. The van der Waals surface area contributed by atoms with E-state index in [1.165, 1.54) is 23.1 Å². The number of imide groups is 1. The third-order valence-electron chi connectivity index (χ3n) is 4.91. The van der Waals surface area contributed by atoms with Crippen LogP contribution in [0.3, 0.4) is 0 Å². The van der Waals surface area contributed by atoms with E-state index in [1.54, 1.807) is 36.4 Å². The van der Waals surface area contributed by atoms with E-state index in [4.69, 9.17) is 9.47 Å². The van der Waals surface area contributed by atoms with Crippen LogP contribution in [0.25, 0.3) is 0 Å². The highest BCUT2D eigenvalue weighted by Gasteiger charge is 2.37. The number of nitrogens with zero attached hydrogens (tertiary/aromatic N) is 2. The minimum Gasteiger partial charge on any atom is -0.494 e. The summed E-state index contributed by atoms with van der Waals surface area (Å²) in [6.07, 6.45) is 3.12. The molecule has 0 unspecified atom stereocenters. The van der Waals surface area contributed by atoms with Crippen LogP contribution in [-0.2, 0) is 9.53 Å². The SMILES string of the molecule is C=CCN(CC=C)C(=O)COC(=O)c1ccc2c(c1)C(=O)N(c1ccc(OCC)cc1)C2=O. The number of esters is 1. The Hall–Kier alpha value is -4.20. The van der Waals surface area contributed by atoms with E-state index in [1.807, 2.05) is 6.92 Å². The van der Waals surface area contributed by atoms with Crippen LogP contribution in [0.2, 0.25) is 0 Å². The quantitative estimate of drug-likeness (QED) is 0.315. The van der Waals surface area contributed by atoms with Crippen LogP contribution >= 0.6 is 0 Å². The van der Waals surface area contributed by atoms with Crippen molar-refractivity contribution in [1.82, 2.24) is 4.90 Å². The third kappa shape index (κ3) is 5.01. The summed E-state index contributed by atoms with van der Waals surface area (Å²) < 4.78 is 10.5. The van der Waals surface area contributed by atoms with Gasteiger partial charge in [-0.1, -0.05) is 12.2 Å². The Bertz CT molecular complexity index is 1100. The van der Waals surface area contributed by atoms with Crippen LogP contribution < -0.4 is 9.64 Å². The monoisotopic (exact) mass is 448 g/mol. The molecule has 2 aromatic rings. The summed E-state index contributed by atoms with van der Waals surface area (Å²) in [4.78, 5) is 52.9. The Labute approximate surface area is 191 Å². The highest BCUT2D eigenvalue weighted by molar-refractivity contribution is 6.34. The maximum Gasteiger partial charge on any atom is 0.338 e. The molecule has 170 valence electrons. The fraction of sp³-hybridized carbons (Fsp3) is 0.200. The zero-order valence-corrected chi connectivity index (χ0v) is 18.3. The highest BCUT2D eigenvalue weighted by atomic mass is 16.5. The van der Waals surface area contributed by atoms with Gasteiger partial charge < -0.3 is 14.4 Å². The lowest BCUT2D eigenvalue weighted by Gasteiger charge is -2.18. The van der Waals surface area contributed by atoms with Crippen molar-refractivity contribution in [2.24, 2.45) is 0 Å². The Kier molecular flexibility index (Phi) is 7.40. The lowest BCUT2D eigenvalue weighted by molar-refractivity contribution is -0.133. The number of anilines is 1. The van der Waals surface area contributed by atoms with Gasteiger partial charge in [0.15, 0.2) is 6.61 Å². The predicted octanol–water partition coefficient (Wildman–Crippen LogP) is 3.24. The van der Waals surface area contributed by atoms with Crippen LogP contribution in [0.1, 0.15) is 38.0 Å². The largest absolute Gasteiger partial charge is 0.494 e. The van der Waals surface area contributed by atoms with Crippen molar-refractivity contribution in [3.8, 4) is 5.75 Å². The Balaban J connectivity index is 1.73. The van der Waals surface area contributed by atoms with Gasteiger partial charge in [0.25, 0.3) is 17.7 Å². The molecule has 1 aliphatic rings. The molecule has 2 aromatic carbocycles. The fourth-order valence-electron chi connectivity index (χ4n) is 3.35. The van der Waals surface area contributed by atoms with Crippen molar-refractivity contribution in [3.63, 3.8) is 0 Å². The molecule has 33 heavy (non-hydrogen) atoms. The smallest absolute Gasteiger partial charge is 0.338 e. The first kappa shape index (κ1) is 23.5. The summed E-state index contributed by atoms with van der Waals surface area (Å²) in [6.45, 7) is 9.64. The third-order valence-corrected chi connectivity index (χ3v) is 4.91. The van der Waals surface area contributed by atoms with Crippen LogP contribution in [0.5, 0.6) is 5.75 Å². The van der Waals surface area contributed by atoms with E-state index in [0.29, 0.717) is 31.1 Å². The number of hydrogen-bond donors (Lipinski definition) is 0. The Morgan fingerprint density at radius 2 is 1.61 bits per heavy atom. The second-order valence-electron chi connectivity index (χ2n) is 7.09. The van der Waals surface area contributed by atoms with Gasteiger partial charge in [-0.25, -0.2) is 9.69 Å². The average molecular weight is 448 g/mol. The first-order valence-electron chi connectivity index (χ1n) is 10.3. The molecular weight excluding hydrogens is 424 g/mol. The summed E-state index contributed by atoms with van der Waals surface area (Å²) >= 11 is 0. The van der Waals surface area contributed by atoms with Crippen LogP contribution in [0.15, 0.2) is 67.8 Å². The molecule has 1 aliphatic heterocycles. The molecule has 0 atom stereocenters. The second-order valence-corrected chi connectivity index (χ2v) is 7.09. The van der Waals surface area contributed by atoms with Gasteiger partial charge in [0, 0.05) is 13.1 Å². The van der Waals surface area contributed by atoms with E-state index >= 15 is 0 Å². The minimum atomic E-state index is -0.775. The van der Waals surface area contributed by atoms with Gasteiger partial charge in [-0.15, -0.1) is 13.2 Å². The lowest BCUT2D eigenvalue weighted by Crippen LogP contribution is -2.35. The Morgan fingerprint density at radius 3 is 2.21 bits per heavy atom. The summed E-state index contributed by atoms with van der Waals surface area (Å²) in [7, 11) is 0. The molecule has 0 fully saturated rings. The number of benzene rings is 2. The molecule has 3 amide bonds. The van der Waals surface area contributed by atoms with Crippen molar-refractivity contribution < 1.29 is 28.7 Å². The molecule has 8 nitrogen and oxygen atoms in total. The molecule has 1 heterocycles. The topological polar surface area (TPSA) is 93.2 Å². The van der Waals surface area contributed by atoms with E-state index in [0.717, 1.165) is 4.90 Å². The molecule has 0 saturated carbocycles. The molecular formula is C25H24N2O6. The molecule has 0 bridgehead atoms. The lowest BCUT2D eigenvalue weighted by atomic mass is 10.1. The van der Waals surface area contributed by atoms with Crippen molar-refractivity contribution in [2.45, 2.75) is 6.92 Å². The van der Waals surface area contributed by atoms with Gasteiger partial charge in [-0.2, -0.15) is 0 Å². The molecule has 0 radical (unpaired) electrons.